The van der Waals surface area contributed by atoms with E-state index in [1.807, 2.05) is 6.08 Å². The molecule has 1 amide bonds. The number of aliphatic hydroxyl groups is 2. The number of hydrogen-bond acceptors (Lipinski definition) is 3. The molecule has 0 aromatic carbocycles. The minimum absolute atomic E-state index is 0.0723. The molecule has 0 aromatic heterocycles. The molecule has 0 bridgehead atoms. The average Bonchev–Trinajstić information content (AvgIpc) is 3.12. The molecule has 50 heavy (non-hydrogen) atoms. The fraction of sp³-hybridized carbons (Fsp3) is 0.804. The summed E-state index contributed by atoms with van der Waals surface area (Å²) < 4.78 is 0. The van der Waals surface area contributed by atoms with Crippen LogP contribution in [0.3, 0.4) is 0 Å². The van der Waals surface area contributed by atoms with Crippen molar-refractivity contribution in [3.63, 3.8) is 0 Å². The van der Waals surface area contributed by atoms with Crippen molar-refractivity contribution >= 4 is 5.91 Å². The highest BCUT2D eigenvalue weighted by molar-refractivity contribution is 5.76. The zero-order valence-corrected chi connectivity index (χ0v) is 33.4. The maximum atomic E-state index is 12.4. The van der Waals surface area contributed by atoms with Gasteiger partial charge in [-0.2, -0.15) is 0 Å². The van der Waals surface area contributed by atoms with Crippen molar-refractivity contribution in [2.45, 2.75) is 231 Å². The lowest BCUT2D eigenvalue weighted by Crippen LogP contribution is -2.45. The maximum Gasteiger partial charge on any atom is 0.220 e. The molecule has 3 N–H and O–H groups in total. The van der Waals surface area contributed by atoms with Crippen molar-refractivity contribution in [2.75, 3.05) is 6.61 Å². The molecule has 0 radical (unpaired) electrons. The van der Waals surface area contributed by atoms with Crippen LogP contribution in [0.5, 0.6) is 0 Å². The number of aliphatic hydroxyl groups excluding tert-OH is 2. The molecule has 0 heterocycles. The molecule has 4 nitrogen and oxygen atoms in total. The Labute approximate surface area is 312 Å². The van der Waals surface area contributed by atoms with Crippen molar-refractivity contribution in [3.05, 3.63) is 48.6 Å². The number of nitrogens with one attached hydrogen (secondary N) is 1. The number of carbonyl (C=O) groups is 1. The van der Waals surface area contributed by atoms with Gasteiger partial charge in [-0.05, 0) is 57.8 Å². The topological polar surface area (TPSA) is 69.6 Å². The fourth-order valence-corrected chi connectivity index (χ4v) is 6.42. The van der Waals surface area contributed by atoms with Gasteiger partial charge in [-0.15, -0.1) is 0 Å². The Morgan fingerprint density at radius 3 is 1.22 bits per heavy atom. The van der Waals surface area contributed by atoms with Gasteiger partial charge < -0.3 is 15.5 Å². The summed E-state index contributed by atoms with van der Waals surface area (Å²) in [7, 11) is 0. The molecule has 0 saturated heterocycles. The van der Waals surface area contributed by atoms with E-state index in [2.05, 4.69) is 55.6 Å². The van der Waals surface area contributed by atoms with E-state index in [9.17, 15) is 15.0 Å². The summed E-state index contributed by atoms with van der Waals surface area (Å²) in [4.78, 5) is 12.4. The molecular weight excluding hydrogens is 615 g/mol. The number of allylic oxidation sites excluding steroid dienone is 7. The molecule has 0 saturated carbocycles. The van der Waals surface area contributed by atoms with Crippen LogP contribution in [0.2, 0.25) is 0 Å². The van der Waals surface area contributed by atoms with Crippen LogP contribution in [0.15, 0.2) is 48.6 Å². The molecule has 0 aromatic rings. The third kappa shape index (κ3) is 37.6. The molecule has 2 unspecified atom stereocenters. The third-order valence-electron chi connectivity index (χ3n) is 9.81. The number of carbonyl (C=O) groups excluding carboxylic acids is 1. The first-order valence-corrected chi connectivity index (χ1v) is 21.9. The second kappa shape index (κ2) is 41.8. The van der Waals surface area contributed by atoms with Crippen molar-refractivity contribution in [1.29, 1.82) is 0 Å². The van der Waals surface area contributed by atoms with Crippen molar-refractivity contribution < 1.29 is 15.0 Å². The lowest BCUT2D eigenvalue weighted by Gasteiger charge is -2.20. The molecule has 0 spiro atoms. The van der Waals surface area contributed by atoms with Crippen LogP contribution in [0, 0.1) is 0 Å². The Kier molecular flexibility index (Phi) is 40.4. The normalized spacial score (nSPS) is 13.4. The predicted molar refractivity (Wildman–Crippen MR) is 221 cm³/mol. The van der Waals surface area contributed by atoms with Crippen LogP contribution < -0.4 is 5.32 Å². The van der Waals surface area contributed by atoms with Gasteiger partial charge in [0.05, 0.1) is 18.8 Å². The first-order valence-electron chi connectivity index (χ1n) is 21.9. The Bertz CT molecular complexity index is 801. The van der Waals surface area contributed by atoms with Crippen molar-refractivity contribution in [3.8, 4) is 0 Å². The highest BCUT2D eigenvalue weighted by atomic mass is 16.3. The predicted octanol–water partition coefficient (Wildman–Crippen LogP) is 13.6. The quantitative estimate of drug-likeness (QED) is 0.0442. The molecule has 4 heteroatoms. The molecule has 0 aliphatic heterocycles. The van der Waals surface area contributed by atoms with Crippen LogP contribution in [0.4, 0.5) is 0 Å². The molecule has 292 valence electrons. The number of rotatable bonds is 39. The Balaban J connectivity index is 3.60. The van der Waals surface area contributed by atoms with Crippen LogP contribution in [0.25, 0.3) is 0 Å². The molecule has 0 fully saturated rings. The van der Waals surface area contributed by atoms with E-state index in [0.29, 0.717) is 6.42 Å². The monoisotopic (exact) mass is 700 g/mol. The minimum atomic E-state index is -0.842. The average molecular weight is 700 g/mol. The molecule has 0 aliphatic carbocycles. The van der Waals surface area contributed by atoms with E-state index < -0.39 is 12.1 Å². The SMILES string of the molecule is CCCCCCC/C=C\C/C=C\C/C=C\CCCCCCCCCCC(=O)NC(CO)C(O)/C=C/CCCCCCCCCCCCCCC. The van der Waals surface area contributed by atoms with Gasteiger partial charge in [0.1, 0.15) is 0 Å². The van der Waals surface area contributed by atoms with Crippen molar-refractivity contribution in [2.24, 2.45) is 0 Å². The van der Waals surface area contributed by atoms with E-state index in [1.54, 1.807) is 6.08 Å². The standard InChI is InChI=1S/C46H85NO3/c1-3-5-7-9-11-13-15-17-19-20-21-22-23-24-25-26-28-30-32-34-36-38-40-42-46(50)47-44(43-48)45(49)41-39-37-35-33-31-29-27-18-16-14-12-10-8-6-4-2/h15,17,20-21,23-24,39,41,44-45,48-49H,3-14,16,18-19,22,25-38,40,42-43H2,1-2H3,(H,47,50)/b17-15-,21-20-,24-23-,41-39+. The number of hydrogen-bond donors (Lipinski definition) is 3. The summed E-state index contributed by atoms with van der Waals surface area (Å²) in [6.07, 6.45) is 56.4. The summed E-state index contributed by atoms with van der Waals surface area (Å²) in [5, 5.41) is 23.0. The Morgan fingerprint density at radius 1 is 0.480 bits per heavy atom. The molecule has 0 aliphatic rings. The zero-order valence-electron chi connectivity index (χ0n) is 33.4. The fourth-order valence-electron chi connectivity index (χ4n) is 6.42. The first-order chi connectivity index (χ1) is 24.7. The van der Waals surface area contributed by atoms with Crippen LogP contribution >= 0.6 is 0 Å². The highest BCUT2D eigenvalue weighted by Crippen LogP contribution is 2.14. The summed E-state index contributed by atoms with van der Waals surface area (Å²) in [5.74, 6) is -0.0723. The van der Waals surface area contributed by atoms with E-state index in [0.717, 1.165) is 38.5 Å². The third-order valence-corrected chi connectivity index (χ3v) is 9.81. The summed E-state index contributed by atoms with van der Waals surface area (Å²) in [6, 6.07) is -0.626. The van der Waals surface area contributed by atoms with Crippen molar-refractivity contribution in [1.82, 2.24) is 5.32 Å². The first kappa shape index (κ1) is 48.3. The summed E-state index contributed by atoms with van der Waals surface area (Å²) in [5.41, 5.74) is 0. The van der Waals surface area contributed by atoms with Crippen LogP contribution in [0.1, 0.15) is 219 Å². The van der Waals surface area contributed by atoms with Gasteiger partial charge in [0.2, 0.25) is 5.91 Å². The minimum Gasteiger partial charge on any atom is -0.394 e. The van der Waals surface area contributed by atoms with Gasteiger partial charge in [0.25, 0.3) is 0 Å². The second-order valence-electron chi connectivity index (χ2n) is 14.8. The van der Waals surface area contributed by atoms with Crippen LogP contribution in [-0.4, -0.2) is 34.9 Å². The Morgan fingerprint density at radius 2 is 0.820 bits per heavy atom. The smallest absolute Gasteiger partial charge is 0.220 e. The van der Waals surface area contributed by atoms with Crippen LogP contribution in [-0.2, 0) is 4.79 Å². The second-order valence-corrected chi connectivity index (χ2v) is 14.8. The molecule has 0 rings (SSSR count). The van der Waals surface area contributed by atoms with Gasteiger partial charge in [-0.25, -0.2) is 0 Å². The van der Waals surface area contributed by atoms with Gasteiger partial charge in [-0.3, -0.25) is 4.79 Å². The van der Waals surface area contributed by atoms with Gasteiger partial charge >= 0.3 is 0 Å². The maximum absolute atomic E-state index is 12.4. The Hall–Kier alpha value is -1.65. The zero-order chi connectivity index (χ0) is 36.4. The van der Waals surface area contributed by atoms with E-state index >= 15 is 0 Å². The number of unbranched alkanes of at least 4 members (excludes halogenated alkanes) is 26. The lowest BCUT2D eigenvalue weighted by atomic mass is 10.0. The summed E-state index contributed by atoms with van der Waals surface area (Å²) >= 11 is 0. The van der Waals surface area contributed by atoms with Gasteiger partial charge in [0, 0.05) is 6.42 Å². The van der Waals surface area contributed by atoms with E-state index in [-0.39, 0.29) is 12.5 Å². The van der Waals surface area contributed by atoms with E-state index in [1.165, 1.54) is 161 Å². The largest absolute Gasteiger partial charge is 0.394 e. The summed E-state index contributed by atoms with van der Waals surface area (Å²) in [6.45, 7) is 4.29. The van der Waals surface area contributed by atoms with E-state index in [4.69, 9.17) is 0 Å². The lowest BCUT2D eigenvalue weighted by molar-refractivity contribution is -0.123. The van der Waals surface area contributed by atoms with Gasteiger partial charge in [0.15, 0.2) is 0 Å². The highest BCUT2D eigenvalue weighted by Gasteiger charge is 2.17. The van der Waals surface area contributed by atoms with Gasteiger partial charge in [-0.1, -0.05) is 204 Å². The molecular formula is C46H85NO3. The number of amides is 1. The molecule has 2 atom stereocenters.